The summed E-state index contributed by atoms with van der Waals surface area (Å²) < 4.78 is 21.3. The molecule has 1 atom stereocenters. The summed E-state index contributed by atoms with van der Waals surface area (Å²) in [6.07, 6.45) is 8.27. The minimum absolute atomic E-state index is 0.00234. The van der Waals surface area contributed by atoms with Crippen molar-refractivity contribution in [3.63, 3.8) is 0 Å². The summed E-state index contributed by atoms with van der Waals surface area (Å²) >= 11 is 7.05. The van der Waals surface area contributed by atoms with Crippen LogP contribution < -0.4 is 10.5 Å². The molecule has 0 spiro atoms. The first kappa shape index (κ1) is 26.3. The van der Waals surface area contributed by atoms with Gasteiger partial charge in [0.05, 0.1) is 11.4 Å². The van der Waals surface area contributed by atoms with Gasteiger partial charge in [-0.1, -0.05) is 35.9 Å². The van der Waals surface area contributed by atoms with Crippen LogP contribution in [0.5, 0.6) is 11.5 Å². The van der Waals surface area contributed by atoms with Gasteiger partial charge in [0.25, 0.3) is 0 Å². The number of ether oxygens (including phenoxy) is 1. The Morgan fingerprint density at radius 1 is 1.18 bits per heavy atom. The zero-order valence-corrected chi connectivity index (χ0v) is 22.9. The first-order chi connectivity index (χ1) is 19.4. The fraction of sp³-hybridized carbons (Fsp3) is 0.300. The molecule has 40 heavy (non-hydrogen) atoms. The number of benzene rings is 2. The fourth-order valence-corrected chi connectivity index (χ4v) is 5.75. The summed E-state index contributed by atoms with van der Waals surface area (Å²) in [5, 5.41) is 1.15. The molecule has 1 saturated carbocycles. The molecule has 1 unspecified atom stereocenters. The number of aromatic nitrogens is 3. The molecular formula is C30H30ClFN6O2. The Labute approximate surface area is 236 Å². The second kappa shape index (κ2) is 10.9. The number of likely N-dealkylation sites (tertiary alicyclic amines) is 1. The minimum Gasteiger partial charge on any atom is -0.457 e. The second-order valence-corrected chi connectivity index (χ2v) is 10.7. The van der Waals surface area contributed by atoms with Crippen LogP contribution in [0.15, 0.2) is 67.0 Å². The van der Waals surface area contributed by atoms with E-state index in [1.54, 1.807) is 30.3 Å². The number of likely N-dealkylation sites (N-methyl/N-ethyl adjacent to an activating group) is 1. The van der Waals surface area contributed by atoms with Gasteiger partial charge in [-0.2, -0.15) is 0 Å². The Kier molecular flexibility index (Phi) is 7.16. The highest BCUT2D eigenvalue weighted by Crippen LogP contribution is 2.43. The predicted molar refractivity (Wildman–Crippen MR) is 154 cm³/mol. The van der Waals surface area contributed by atoms with E-state index in [4.69, 9.17) is 22.1 Å². The Balaban J connectivity index is 1.25. The highest BCUT2D eigenvalue weighted by molar-refractivity contribution is 6.35. The normalized spacial score (nSPS) is 17.4. The average Bonchev–Trinajstić information content (AvgIpc) is 3.60. The lowest BCUT2D eigenvalue weighted by Crippen LogP contribution is -2.28. The summed E-state index contributed by atoms with van der Waals surface area (Å²) in [7, 11) is 2.09. The zero-order chi connectivity index (χ0) is 27.8. The summed E-state index contributed by atoms with van der Waals surface area (Å²) in [6.45, 7) is 1.92. The standard InChI is InChI=1S/C30H30ClFN6O2/c1-36(21-9-10-21)14-3-6-25(39)37-15-13-22(17-37)38-28(31)26(27-29(33)34-18-35-30(27)38)19-7-11-23(12-8-19)40-24-5-2-4-20(32)16-24/h2-8,11-12,16,18,21-22H,9-10,13-15,17H2,1H3,(H2,33,34,35)/b6-3+. The molecule has 2 aromatic carbocycles. The molecule has 6 rings (SSSR count). The topological polar surface area (TPSA) is 89.5 Å². The molecule has 2 N–H and O–H groups in total. The third-order valence-electron chi connectivity index (χ3n) is 7.59. The third kappa shape index (κ3) is 5.26. The van der Waals surface area contributed by atoms with E-state index in [2.05, 4.69) is 21.9 Å². The number of rotatable bonds is 8. The fourth-order valence-electron chi connectivity index (χ4n) is 5.32. The second-order valence-electron chi connectivity index (χ2n) is 10.4. The van der Waals surface area contributed by atoms with Crippen LogP contribution in [0.25, 0.3) is 22.2 Å². The molecule has 1 aliphatic heterocycles. The van der Waals surface area contributed by atoms with Crippen molar-refractivity contribution in [2.45, 2.75) is 31.3 Å². The molecule has 10 heteroatoms. The van der Waals surface area contributed by atoms with Gasteiger partial charge in [-0.3, -0.25) is 9.69 Å². The van der Waals surface area contributed by atoms with Gasteiger partial charge in [-0.15, -0.1) is 0 Å². The molecule has 3 heterocycles. The molecule has 206 valence electrons. The van der Waals surface area contributed by atoms with E-state index in [9.17, 15) is 9.18 Å². The van der Waals surface area contributed by atoms with Crippen LogP contribution in [-0.4, -0.2) is 63.0 Å². The Hall–Kier alpha value is -3.95. The van der Waals surface area contributed by atoms with Crippen molar-refractivity contribution in [2.75, 3.05) is 32.4 Å². The molecule has 0 bridgehead atoms. The molecule has 8 nitrogen and oxygen atoms in total. The van der Waals surface area contributed by atoms with E-state index in [0.29, 0.717) is 52.6 Å². The van der Waals surface area contributed by atoms with E-state index >= 15 is 0 Å². The third-order valence-corrected chi connectivity index (χ3v) is 7.96. The number of halogens is 2. The molecular weight excluding hydrogens is 531 g/mol. The van der Waals surface area contributed by atoms with E-state index in [1.165, 1.54) is 31.3 Å². The van der Waals surface area contributed by atoms with Crippen molar-refractivity contribution < 1.29 is 13.9 Å². The maximum atomic E-state index is 13.5. The molecule has 1 aliphatic carbocycles. The molecule has 4 aromatic rings. The van der Waals surface area contributed by atoms with Crippen LogP contribution in [0.4, 0.5) is 10.2 Å². The van der Waals surface area contributed by atoms with Crippen LogP contribution in [0.1, 0.15) is 25.3 Å². The van der Waals surface area contributed by atoms with Gasteiger partial charge in [0.2, 0.25) is 5.91 Å². The van der Waals surface area contributed by atoms with Crippen molar-refractivity contribution in [1.29, 1.82) is 0 Å². The number of carbonyl (C=O) groups is 1. The maximum Gasteiger partial charge on any atom is 0.246 e. The number of hydrogen-bond donors (Lipinski definition) is 1. The number of amides is 1. The molecule has 0 radical (unpaired) electrons. The minimum atomic E-state index is -0.367. The zero-order valence-electron chi connectivity index (χ0n) is 22.1. The molecule has 2 aliphatic rings. The number of hydrogen-bond acceptors (Lipinski definition) is 6. The summed E-state index contributed by atoms with van der Waals surface area (Å²) in [6, 6.07) is 13.9. The lowest BCUT2D eigenvalue weighted by molar-refractivity contribution is -0.125. The van der Waals surface area contributed by atoms with Crippen molar-refractivity contribution in [3.8, 4) is 22.6 Å². The van der Waals surface area contributed by atoms with Gasteiger partial charge < -0.3 is 19.9 Å². The monoisotopic (exact) mass is 560 g/mol. The number of anilines is 1. The Bertz CT molecular complexity index is 1580. The summed E-state index contributed by atoms with van der Waals surface area (Å²) in [5.74, 6) is 0.926. The predicted octanol–water partition coefficient (Wildman–Crippen LogP) is 5.69. The first-order valence-corrected chi connectivity index (χ1v) is 13.8. The van der Waals surface area contributed by atoms with E-state index < -0.39 is 0 Å². The number of nitrogens with two attached hydrogens (primary N) is 1. The van der Waals surface area contributed by atoms with Crippen molar-refractivity contribution >= 4 is 34.4 Å². The summed E-state index contributed by atoms with van der Waals surface area (Å²) in [4.78, 5) is 25.8. The van der Waals surface area contributed by atoms with Gasteiger partial charge in [0.1, 0.15) is 40.3 Å². The lowest BCUT2D eigenvalue weighted by Gasteiger charge is -2.17. The van der Waals surface area contributed by atoms with Crippen molar-refractivity contribution in [1.82, 2.24) is 24.3 Å². The van der Waals surface area contributed by atoms with E-state index in [-0.39, 0.29) is 17.8 Å². The van der Waals surface area contributed by atoms with Crippen LogP contribution in [-0.2, 0) is 4.79 Å². The quantitative estimate of drug-likeness (QED) is 0.279. The Morgan fingerprint density at radius 3 is 2.73 bits per heavy atom. The van der Waals surface area contributed by atoms with Gasteiger partial charge in [-0.25, -0.2) is 14.4 Å². The van der Waals surface area contributed by atoms with Crippen LogP contribution >= 0.6 is 11.6 Å². The molecule has 2 fully saturated rings. The summed E-state index contributed by atoms with van der Waals surface area (Å²) in [5.41, 5.74) is 8.51. The highest BCUT2D eigenvalue weighted by atomic mass is 35.5. The Morgan fingerprint density at radius 2 is 1.98 bits per heavy atom. The average molecular weight is 561 g/mol. The van der Waals surface area contributed by atoms with Crippen molar-refractivity contribution in [2.24, 2.45) is 0 Å². The first-order valence-electron chi connectivity index (χ1n) is 13.4. The van der Waals surface area contributed by atoms with Gasteiger partial charge >= 0.3 is 0 Å². The van der Waals surface area contributed by atoms with Crippen LogP contribution in [0, 0.1) is 5.82 Å². The molecule has 1 saturated heterocycles. The number of carbonyl (C=O) groups excluding carboxylic acids is 1. The maximum absolute atomic E-state index is 13.5. The van der Waals surface area contributed by atoms with E-state index in [1.807, 2.05) is 27.7 Å². The van der Waals surface area contributed by atoms with Crippen LogP contribution in [0.2, 0.25) is 5.15 Å². The van der Waals surface area contributed by atoms with Crippen LogP contribution in [0.3, 0.4) is 0 Å². The number of nitrogens with zero attached hydrogens (tertiary/aromatic N) is 5. The van der Waals surface area contributed by atoms with E-state index in [0.717, 1.165) is 24.1 Å². The SMILES string of the molecule is CN(C/C=C/C(=O)N1CCC(n2c(Cl)c(-c3ccc(Oc4cccc(F)c4)cc3)c3c(N)ncnc32)C1)C1CC1. The number of nitrogen functional groups attached to an aromatic ring is 1. The molecule has 2 aromatic heterocycles. The highest BCUT2D eigenvalue weighted by Gasteiger charge is 2.32. The lowest BCUT2D eigenvalue weighted by atomic mass is 10.1. The van der Waals surface area contributed by atoms with Gasteiger partial charge in [-0.05, 0) is 56.1 Å². The largest absolute Gasteiger partial charge is 0.457 e. The van der Waals surface area contributed by atoms with Gasteiger partial charge in [0.15, 0.2) is 0 Å². The van der Waals surface area contributed by atoms with Crippen molar-refractivity contribution in [3.05, 3.63) is 78.0 Å². The number of fused-ring (bicyclic) bond motifs is 1. The van der Waals surface area contributed by atoms with Gasteiger partial charge in [0, 0.05) is 43.4 Å². The molecule has 1 amide bonds. The smallest absolute Gasteiger partial charge is 0.246 e.